The lowest BCUT2D eigenvalue weighted by molar-refractivity contribution is 0.174. The molecule has 1 N–H and O–H groups in total. The van der Waals surface area contributed by atoms with Gasteiger partial charge in [-0.15, -0.1) is 0 Å². The third-order valence-electron chi connectivity index (χ3n) is 4.96. The van der Waals surface area contributed by atoms with E-state index in [4.69, 9.17) is 9.47 Å². The van der Waals surface area contributed by atoms with E-state index < -0.39 is 0 Å². The van der Waals surface area contributed by atoms with Crippen molar-refractivity contribution < 1.29 is 9.47 Å². The van der Waals surface area contributed by atoms with Crippen molar-refractivity contribution in [3.63, 3.8) is 0 Å². The quantitative estimate of drug-likeness (QED) is 0.298. The van der Waals surface area contributed by atoms with Crippen molar-refractivity contribution in [1.29, 1.82) is 0 Å². The van der Waals surface area contributed by atoms with Gasteiger partial charge in [-0.2, -0.15) is 5.10 Å². The first-order valence-electron chi connectivity index (χ1n) is 11.7. The molecule has 178 valence electrons. The summed E-state index contributed by atoms with van der Waals surface area (Å²) in [5.41, 5.74) is 5.13. The Labute approximate surface area is 203 Å². The number of hydrazone groups is 1. The number of ether oxygens (including phenoxy) is 2. The van der Waals surface area contributed by atoms with Crippen LogP contribution in [0, 0.1) is 0 Å². The molecule has 3 rings (SSSR count). The highest BCUT2D eigenvalue weighted by atomic mass is 16.7. The Morgan fingerprint density at radius 1 is 1.00 bits per heavy atom. The number of aliphatic imine (C=N–C) groups is 1. The van der Waals surface area contributed by atoms with E-state index >= 15 is 0 Å². The van der Waals surface area contributed by atoms with Gasteiger partial charge in [0.25, 0.3) is 0 Å². The van der Waals surface area contributed by atoms with E-state index in [9.17, 15) is 0 Å². The van der Waals surface area contributed by atoms with Gasteiger partial charge in [0.1, 0.15) is 5.82 Å². The average molecular weight is 459 g/mol. The van der Waals surface area contributed by atoms with Crippen LogP contribution in [0.25, 0.3) is 5.57 Å². The molecule has 0 unspecified atom stereocenters. The van der Waals surface area contributed by atoms with Crippen molar-refractivity contribution in [2.24, 2.45) is 10.1 Å². The number of anilines is 2. The zero-order chi connectivity index (χ0) is 24.3. The second-order valence-electron chi connectivity index (χ2n) is 8.05. The summed E-state index contributed by atoms with van der Waals surface area (Å²) >= 11 is 0. The Morgan fingerprint density at radius 2 is 1.76 bits per heavy atom. The molecular formula is C28H34N4O2. The standard InChI is InChI=1S/C28H34N4O2/c1-6-8-18-32(31-21(3)4)25-13-11-24(12-14-25)30-28(9-7-2)29-17-16-22(5)23-10-15-26-27(19-23)34-20-33-26/h8-19,30H,6-7,20H2,1-5H3/b18-8+,22-16+,28-9-,29-17-. The van der Waals surface area contributed by atoms with E-state index in [1.54, 1.807) is 0 Å². The Balaban J connectivity index is 1.69. The molecule has 0 aliphatic carbocycles. The zero-order valence-corrected chi connectivity index (χ0v) is 20.7. The number of benzene rings is 2. The maximum atomic E-state index is 5.48. The van der Waals surface area contributed by atoms with Gasteiger partial charge in [-0.3, -0.25) is 0 Å². The Morgan fingerprint density at radius 3 is 2.47 bits per heavy atom. The number of nitrogens with zero attached hydrogens (tertiary/aromatic N) is 3. The lowest BCUT2D eigenvalue weighted by Crippen LogP contribution is -2.09. The predicted octanol–water partition coefficient (Wildman–Crippen LogP) is 7.38. The summed E-state index contributed by atoms with van der Waals surface area (Å²) in [7, 11) is 0. The molecule has 6 heteroatoms. The minimum atomic E-state index is 0.278. The van der Waals surface area contributed by atoms with E-state index in [2.05, 4.69) is 48.3 Å². The number of allylic oxidation sites excluding steroid dienone is 4. The molecule has 1 aliphatic heterocycles. The summed E-state index contributed by atoms with van der Waals surface area (Å²) in [6.07, 6.45) is 11.8. The average Bonchev–Trinajstić information content (AvgIpc) is 3.30. The fraction of sp³-hybridized carbons (Fsp3) is 0.286. The minimum Gasteiger partial charge on any atom is -0.454 e. The van der Waals surface area contributed by atoms with Gasteiger partial charge in [-0.05, 0) is 93.3 Å². The highest BCUT2D eigenvalue weighted by Crippen LogP contribution is 2.34. The fourth-order valence-electron chi connectivity index (χ4n) is 3.24. The zero-order valence-electron chi connectivity index (χ0n) is 20.7. The summed E-state index contributed by atoms with van der Waals surface area (Å²) < 4.78 is 10.9. The third kappa shape index (κ3) is 7.10. The van der Waals surface area contributed by atoms with Crippen LogP contribution in [0.15, 0.2) is 82.8 Å². The molecule has 34 heavy (non-hydrogen) atoms. The van der Waals surface area contributed by atoms with Crippen LogP contribution in [0.4, 0.5) is 11.4 Å². The van der Waals surface area contributed by atoms with Gasteiger partial charge in [0.15, 0.2) is 11.5 Å². The van der Waals surface area contributed by atoms with E-state index in [1.165, 1.54) is 0 Å². The van der Waals surface area contributed by atoms with Crippen molar-refractivity contribution in [2.75, 3.05) is 17.1 Å². The van der Waals surface area contributed by atoms with Gasteiger partial charge in [0.2, 0.25) is 6.79 Å². The van der Waals surface area contributed by atoms with Crippen LogP contribution >= 0.6 is 0 Å². The Bertz CT molecular complexity index is 1110. The first-order valence-corrected chi connectivity index (χ1v) is 11.7. The molecular weight excluding hydrogens is 424 g/mol. The maximum Gasteiger partial charge on any atom is 0.231 e. The molecule has 6 nitrogen and oxygen atoms in total. The van der Waals surface area contributed by atoms with Crippen molar-refractivity contribution in [2.45, 2.75) is 47.5 Å². The van der Waals surface area contributed by atoms with Crippen molar-refractivity contribution in [3.05, 3.63) is 78.3 Å². The Kier molecular flexibility index (Phi) is 9.09. The fourth-order valence-corrected chi connectivity index (χ4v) is 3.24. The Hall–Kier alpha value is -3.80. The molecule has 0 radical (unpaired) electrons. The molecule has 0 bridgehead atoms. The molecule has 0 saturated heterocycles. The highest BCUT2D eigenvalue weighted by Gasteiger charge is 2.13. The SMILES string of the molecule is CC/C=C/N(N=C(C)C)c1ccc(NC(=C\CC)/N=C\C=C(/C)c2ccc3c(c2)OCO3)cc1. The second kappa shape index (κ2) is 12.4. The molecule has 0 amide bonds. The van der Waals surface area contributed by atoms with Crippen molar-refractivity contribution >= 4 is 28.9 Å². The molecule has 2 aromatic carbocycles. The number of fused-ring (bicyclic) bond motifs is 1. The molecule has 0 fully saturated rings. The van der Waals surface area contributed by atoms with E-state index in [0.29, 0.717) is 0 Å². The summed E-state index contributed by atoms with van der Waals surface area (Å²) in [6, 6.07) is 14.1. The largest absolute Gasteiger partial charge is 0.454 e. The van der Waals surface area contributed by atoms with Gasteiger partial charge in [-0.1, -0.05) is 26.0 Å². The minimum absolute atomic E-state index is 0.278. The number of hydrogen-bond donors (Lipinski definition) is 1. The van der Waals surface area contributed by atoms with Gasteiger partial charge in [-0.25, -0.2) is 10.0 Å². The molecule has 0 saturated carbocycles. The van der Waals surface area contributed by atoms with Gasteiger partial charge >= 0.3 is 0 Å². The third-order valence-corrected chi connectivity index (χ3v) is 4.96. The van der Waals surface area contributed by atoms with Crippen LogP contribution in [-0.4, -0.2) is 18.7 Å². The monoisotopic (exact) mass is 458 g/mol. The molecule has 1 heterocycles. The van der Waals surface area contributed by atoms with E-state index in [1.807, 2.05) is 79.8 Å². The van der Waals surface area contributed by atoms with Gasteiger partial charge in [0.05, 0.1) is 5.69 Å². The highest BCUT2D eigenvalue weighted by molar-refractivity contribution is 5.85. The van der Waals surface area contributed by atoms with Crippen LogP contribution in [0.1, 0.15) is 53.0 Å². The van der Waals surface area contributed by atoms with Crippen molar-refractivity contribution in [1.82, 2.24) is 0 Å². The molecule has 1 aliphatic rings. The van der Waals surface area contributed by atoms with Crippen LogP contribution in [0.5, 0.6) is 11.5 Å². The molecule has 0 atom stereocenters. The summed E-state index contributed by atoms with van der Waals surface area (Å²) in [5, 5.41) is 9.89. The lowest BCUT2D eigenvalue weighted by Gasteiger charge is -2.16. The van der Waals surface area contributed by atoms with Crippen LogP contribution in [0.3, 0.4) is 0 Å². The lowest BCUT2D eigenvalue weighted by atomic mass is 10.1. The number of hydrogen-bond acceptors (Lipinski definition) is 6. The second-order valence-corrected chi connectivity index (χ2v) is 8.05. The van der Waals surface area contributed by atoms with E-state index in [-0.39, 0.29) is 6.79 Å². The summed E-state index contributed by atoms with van der Waals surface area (Å²) in [4.78, 5) is 4.63. The first-order chi connectivity index (χ1) is 16.5. The molecule has 0 spiro atoms. The smallest absolute Gasteiger partial charge is 0.231 e. The summed E-state index contributed by atoms with van der Waals surface area (Å²) in [5.74, 6) is 2.37. The van der Waals surface area contributed by atoms with Gasteiger partial charge in [0, 0.05) is 23.8 Å². The van der Waals surface area contributed by atoms with E-state index in [0.717, 1.165) is 58.4 Å². The van der Waals surface area contributed by atoms with Crippen LogP contribution in [0.2, 0.25) is 0 Å². The topological polar surface area (TPSA) is 58.5 Å². The summed E-state index contributed by atoms with van der Waals surface area (Å²) in [6.45, 7) is 10.5. The molecule has 2 aromatic rings. The van der Waals surface area contributed by atoms with Crippen LogP contribution in [-0.2, 0) is 0 Å². The van der Waals surface area contributed by atoms with Gasteiger partial charge < -0.3 is 14.8 Å². The number of nitrogens with one attached hydrogen (secondary N) is 1. The first kappa shape index (κ1) is 24.8. The number of rotatable bonds is 10. The van der Waals surface area contributed by atoms with Crippen molar-refractivity contribution in [3.8, 4) is 11.5 Å². The maximum absolute atomic E-state index is 5.48. The predicted molar refractivity (Wildman–Crippen MR) is 144 cm³/mol. The van der Waals surface area contributed by atoms with Crippen LogP contribution < -0.4 is 19.8 Å². The normalized spacial score (nSPS) is 13.6. The molecule has 0 aromatic heterocycles.